The van der Waals surface area contributed by atoms with E-state index in [-0.39, 0.29) is 30.1 Å². The molecule has 4 nitrogen and oxygen atoms in total. The summed E-state index contributed by atoms with van der Waals surface area (Å²) in [5.41, 5.74) is 1.52. The second kappa shape index (κ2) is 8.08. The molecule has 2 aromatic carbocycles. The summed E-state index contributed by atoms with van der Waals surface area (Å²) in [7, 11) is 1.81. The molecular formula is C19H21ClN2O2. The fourth-order valence-corrected chi connectivity index (χ4v) is 2.94. The van der Waals surface area contributed by atoms with E-state index < -0.39 is 0 Å². The van der Waals surface area contributed by atoms with E-state index in [2.05, 4.69) is 5.32 Å². The SMILES string of the molecule is CN(C(=O)c1ccccc1C(=O)c1ccccc1)C1CCNC1.Cl. The first-order valence-corrected chi connectivity index (χ1v) is 7.85. The summed E-state index contributed by atoms with van der Waals surface area (Å²) >= 11 is 0. The van der Waals surface area contributed by atoms with Gasteiger partial charge in [-0.15, -0.1) is 12.4 Å². The van der Waals surface area contributed by atoms with Crippen molar-refractivity contribution in [2.24, 2.45) is 0 Å². The number of benzene rings is 2. The molecule has 2 aromatic rings. The predicted molar refractivity (Wildman–Crippen MR) is 96.9 cm³/mol. The van der Waals surface area contributed by atoms with Gasteiger partial charge in [0.15, 0.2) is 5.78 Å². The molecule has 1 N–H and O–H groups in total. The molecule has 1 amide bonds. The second-order valence-electron chi connectivity index (χ2n) is 5.80. The quantitative estimate of drug-likeness (QED) is 0.868. The van der Waals surface area contributed by atoms with Crippen LogP contribution < -0.4 is 5.32 Å². The highest BCUT2D eigenvalue weighted by Crippen LogP contribution is 2.18. The number of ketones is 1. The third kappa shape index (κ3) is 3.66. The lowest BCUT2D eigenvalue weighted by Crippen LogP contribution is -2.39. The Morgan fingerprint density at radius 1 is 1.00 bits per heavy atom. The Morgan fingerprint density at radius 2 is 1.62 bits per heavy atom. The Hall–Kier alpha value is -2.17. The first-order chi connectivity index (χ1) is 11.2. The monoisotopic (exact) mass is 344 g/mol. The lowest BCUT2D eigenvalue weighted by molar-refractivity contribution is 0.0739. The molecule has 24 heavy (non-hydrogen) atoms. The number of likely N-dealkylation sites (N-methyl/N-ethyl adjacent to an activating group) is 1. The van der Waals surface area contributed by atoms with Crippen LogP contribution in [0.4, 0.5) is 0 Å². The minimum absolute atomic E-state index is 0. The summed E-state index contributed by atoms with van der Waals surface area (Å²) < 4.78 is 0. The van der Waals surface area contributed by atoms with Gasteiger partial charge in [0.1, 0.15) is 0 Å². The van der Waals surface area contributed by atoms with Crippen LogP contribution in [0.15, 0.2) is 54.6 Å². The van der Waals surface area contributed by atoms with E-state index in [4.69, 9.17) is 0 Å². The number of hydrogen-bond acceptors (Lipinski definition) is 3. The highest BCUT2D eigenvalue weighted by Gasteiger charge is 2.26. The van der Waals surface area contributed by atoms with Crippen LogP contribution in [0.2, 0.25) is 0 Å². The average molecular weight is 345 g/mol. The molecule has 1 atom stereocenters. The van der Waals surface area contributed by atoms with Gasteiger partial charge in [-0.05, 0) is 19.0 Å². The van der Waals surface area contributed by atoms with Crippen molar-refractivity contribution in [3.05, 3.63) is 71.3 Å². The molecule has 0 bridgehead atoms. The summed E-state index contributed by atoms with van der Waals surface area (Å²) in [6.07, 6.45) is 0.942. The number of hydrogen-bond donors (Lipinski definition) is 1. The highest BCUT2D eigenvalue weighted by atomic mass is 35.5. The van der Waals surface area contributed by atoms with Crippen molar-refractivity contribution >= 4 is 24.1 Å². The molecule has 0 aliphatic carbocycles. The molecule has 3 rings (SSSR count). The van der Waals surface area contributed by atoms with Crippen molar-refractivity contribution < 1.29 is 9.59 Å². The average Bonchev–Trinajstić information content (AvgIpc) is 3.15. The van der Waals surface area contributed by atoms with Crippen LogP contribution in [0.5, 0.6) is 0 Å². The molecule has 1 aliphatic rings. The van der Waals surface area contributed by atoms with E-state index in [0.717, 1.165) is 19.5 Å². The normalized spacial score (nSPS) is 16.3. The van der Waals surface area contributed by atoms with Crippen molar-refractivity contribution in [1.82, 2.24) is 10.2 Å². The highest BCUT2D eigenvalue weighted by molar-refractivity contribution is 6.15. The van der Waals surface area contributed by atoms with Crippen molar-refractivity contribution in [1.29, 1.82) is 0 Å². The Kier molecular flexibility index (Phi) is 6.12. The fraction of sp³-hybridized carbons (Fsp3) is 0.263. The van der Waals surface area contributed by atoms with Gasteiger partial charge >= 0.3 is 0 Å². The zero-order valence-electron chi connectivity index (χ0n) is 13.6. The zero-order chi connectivity index (χ0) is 16.2. The zero-order valence-corrected chi connectivity index (χ0v) is 14.4. The van der Waals surface area contributed by atoms with Crippen LogP contribution in [0.3, 0.4) is 0 Å². The number of nitrogens with zero attached hydrogens (tertiary/aromatic N) is 1. The summed E-state index contributed by atoms with van der Waals surface area (Å²) in [6, 6.07) is 16.3. The van der Waals surface area contributed by atoms with Gasteiger partial charge in [0.25, 0.3) is 5.91 Å². The molecule has 1 fully saturated rings. The second-order valence-corrected chi connectivity index (χ2v) is 5.80. The standard InChI is InChI=1S/C19H20N2O2.ClH/c1-21(15-11-12-20-13-15)19(23)17-10-6-5-9-16(17)18(22)14-7-3-2-4-8-14;/h2-10,15,20H,11-13H2,1H3;1H. The number of carbonyl (C=O) groups is 2. The molecule has 1 aliphatic heterocycles. The lowest BCUT2D eigenvalue weighted by atomic mass is 9.97. The number of rotatable bonds is 4. The molecule has 0 aromatic heterocycles. The largest absolute Gasteiger partial charge is 0.337 e. The van der Waals surface area contributed by atoms with E-state index in [1.54, 1.807) is 41.3 Å². The van der Waals surface area contributed by atoms with Crippen LogP contribution >= 0.6 is 12.4 Å². The maximum absolute atomic E-state index is 12.8. The number of nitrogens with one attached hydrogen (secondary N) is 1. The van der Waals surface area contributed by atoms with Gasteiger partial charge in [0.2, 0.25) is 0 Å². The third-order valence-electron chi connectivity index (χ3n) is 4.34. The summed E-state index contributed by atoms with van der Waals surface area (Å²) in [5, 5.41) is 3.26. The van der Waals surface area contributed by atoms with Gasteiger partial charge in [0, 0.05) is 30.8 Å². The van der Waals surface area contributed by atoms with Crippen LogP contribution in [0, 0.1) is 0 Å². The van der Waals surface area contributed by atoms with Gasteiger partial charge in [-0.2, -0.15) is 0 Å². The Balaban J connectivity index is 0.00000208. The van der Waals surface area contributed by atoms with Crippen molar-refractivity contribution in [2.75, 3.05) is 20.1 Å². The van der Waals surface area contributed by atoms with E-state index in [0.29, 0.717) is 16.7 Å². The van der Waals surface area contributed by atoms with Crippen LogP contribution in [-0.4, -0.2) is 42.8 Å². The predicted octanol–water partition coefficient (Wildman–Crippen LogP) is 2.77. The molecule has 1 heterocycles. The molecule has 126 valence electrons. The van der Waals surface area contributed by atoms with Crippen LogP contribution in [0.1, 0.15) is 32.7 Å². The van der Waals surface area contributed by atoms with E-state index in [9.17, 15) is 9.59 Å². The van der Waals surface area contributed by atoms with Crippen LogP contribution in [0.25, 0.3) is 0 Å². The maximum Gasteiger partial charge on any atom is 0.254 e. The Morgan fingerprint density at radius 3 is 2.25 bits per heavy atom. The summed E-state index contributed by atoms with van der Waals surface area (Å²) in [4.78, 5) is 27.3. The minimum atomic E-state index is -0.118. The smallest absolute Gasteiger partial charge is 0.254 e. The van der Waals surface area contributed by atoms with Crippen LogP contribution in [-0.2, 0) is 0 Å². The van der Waals surface area contributed by atoms with Gasteiger partial charge in [-0.25, -0.2) is 0 Å². The fourth-order valence-electron chi connectivity index (χ4n) is 2.94. The van der Waals surface area contributed by atoms with Gasteiger partial charge < -0.3 is 10.2 Å². The van der Waals surface area contributed by atoms with Gasteiger partial charge in [0.05, 0.1) is 5.56 Å². The van der Waals surface area contributed by atoms with Crippen molar-refractivity contribution in [3.8, 4) is 0 Å². The van der Waals surface area contributed by atoms with Gasteiger partial charge in [-0.3, -0.25) is 9.59 Å². The third-order valence-corrected chi connectivity index (χ3v) is 4.34. The van der Waals surface area contributed by atoms with Crippen molar-refractivity contribution in [3.63, 3.8) is 0 Å². The molecule has 1 unspecified atom stereocenters. The topological polar surface area (TPSA) is 49.4 Å². The van der Waals surface area contributed by atoms with Gasteiger partial charge in [-0.1, -0.05) is 48.5 Å². The van der Waals surface area contributed by atoms with E-state index in [1.165, 1.54) is 0 Å². The molecule has 0 spiro atoms. The number of carbonyl (C=O) groups excluding carboxylic acids is 2. The first-order valence-electron chi connectivity index (χ1n) is 7.85. The van der Waals surface area contributed by atoms with E-state index in [1.807, 2.05) is 25.2 Å². The minimum Gasteiger partial charge on any atom is -0.337 e. The molecule has 0 saturated carbocycles. The molecule has 5 heteroatoms. The number of amides is 1. The Labute approximate surface area is 148 Å². The number of halogens is 1. The van der Waals surface area contributed by atoms with E-state index >= 15 is 0 Å². The summed E-state index contributed by atoms with van der Waals surface area (Å²) in [5.74, 6) is -0.217. The first kappa shape index (κ1) is 18.2. The maximum atomic E-state index is 12.8. The summed E-state index contributed by atoms with van der Waals surface area (Å²) in [6.45, 7) is 1.73. The molecule has 0 radical (unpaired) electrons. The lowest BCUT2D eigenvalue weighted by Gasteiger charge is -2.24. The van der Waals surface area contributed by atoms with Crippen molar-refractivity contribution in [2.45, 2.75) is 12.5 Å². The Bertz CT molecular complexity index is 712. The molecule has 1 saturated heterocycles. The molecular weight excluding hydrogens is 324 g/mol.